The number of amides is 1. The average Bonchev–Trinajstić information content (AvgIpc) is 2.91. The number of hydrogen-bond donors (Lipinski definition) is 1. The van der Waals surface area contributed by atoms with E-state index in [4.69, 9.17) is 0 Å². The molecule has 0 unspecified atom stereocenters. The first kappa shape index (κ1) is 18.9. The highest BCUT2D eigenvalue weighted by molar-refractivity contribution is 5.94. The fraction of sp³-hybridized carbons (Fsp3) is 0.579. The molecule has 1 aromatic carbocycles. The van der Waals surface area contributed by atoms with Crippen molar-refractivity contribution in [3.63, 3.8) is 0 Å². The second-order valence-electron chi connectivity index (χ2n) is 7.18. The SMILES string of the molecule is C[C@@H]1CCC[C@@H]2C1=NN(C(=O)CCCc1ccccc1)[C@]2(O)C(F)(F)F. The van der Waals surface area contributed by atoms with Gasteiger partial charge in [-0.25, -0.2) is 0 Å². The molecule has 0 spiro atoms. The van der Waals surface area contributed by atoms with Crippen molar-refractivity contribution in [1.82, 2.24) is 5.01 Å². The van der Waals surface area contributed by atoms with Gasteiger partial charge in [0, 0.05) is 12.1 Å². The van der Waals surface area contributed by atoms with Crippen LogP contribution in [-0.2, 0) is 11.2 Å². The van der Waals surface area contributed by atoms with E-state index in [1.165, 1.54) is 0 Å². The van der Waals surface area contributed by atoms with Crippen LogP contribution in [0.25, 0.3) is 0 Å². The normalized spacial score (nSPS) is 28.7. The Morgan fingerprint density at radius 2 is 2.00 bits per heavy atom. The van der Waals surface area contributed by atoms with Gasteiger partial charge in [0.1, 0.15) is 0 Å². The summed E-state index contributed by atoms with van der Waals surface area (Å²) in [4.78, 5) is 12.5. The van der Waals surface area contributed by atoms with E-state index in [9.17, 15) is 23.1 Å². The first-order valence-electron chi connectivity index (χ1n) is 8.99. The molecule has 1 aliphatic carbocycles. The predicted octanol–water partition coefficient (Wildman–Crippen LogP) is 3.89. The largest absolute Gasteiger partial charge is 0.439 e. The number of benzene rings is 1. The monoisotopic (exact) mass is 368 g/mol. The van der Waals surface area contributed by atoms with E-state index in [1.54, 1.807) is 6.92 Å². The van der Waals surface area contributed by atoms with Gasteiger partial charge in [-0.1, -0.05) is 43.7 Å². The molecular formula is C19H23F3N2O2. The number of hydrogen-bond acceptors (Lipinski definition) is 3. The lowest BCUT2D eigenvalue weighted by molar-refractivity contribution is -0.317. The van der Waals surface area contributed by atoms with Crippen LogP contribution in [0.5, 0.6) is 0 Å². The Kier molecular flexibility index (Phi) is 5.10. The summed E-state index contributed by atoms with van der Waals surface area (Å²) >= 11 is 0. The third-order valence-electron chi connectivity index (χ3n) is 5.37. The molecule has 0 bridgehead atoms. The van der Waals surface area contributed by atoms with Crippen molar-refractivity contribution < 1.29 is 23.1 Å². The molecule has 4 nitrogen and oxygen atoms in total. The molecule has 1 amide bonds. The number of carbonyl (C=O) groups is 1. The number of fused-ring (bicyclic) bond motifs is 1. The van der Waals surface area contributed by atoms with Crippen LogP contribution in [0, 0.1) is 11.8 Å². The quantitative estimate of drug-likeness (QED) is 0.876. The maximum absolute atomic E-state index is 13.7. The molecule has 3 rings (SSSR count). The van der Waals surface area contributed by atoms with Crippen molar-refractivity contribution in [1.29, 1.82) is 0 Å². The number of rotatable bonds is 4. The fourth-order valence-electron chi connectivity index (χ4n) is 3.94. The lowest BCUT2D eigenvalue weighted by Gasteiger charge is -2.39. The minimum absolute atomic E-state index is 0.0921. The van der Waals surface area contributed by atoms with Crippen molar-refractivity contribution in [2.24, 2.45) is 16.9 Å². The highest BCUT2D eigenvalue weighted by atomic mass is 19.4. The lowest BCUT2D eigenvalue weighted by Crippen LogP contribution is -2.61. The van der Waals surface area contributed by atoms with E-state index in [1.807, 2.05) is 30.3 Å². The predicted molar refractivity (Wildman–Crippen MR) is 91.2 cm³/mol. The Bertz CT molecular complexity index is 690. The summed E-state index contributed by atoms with van der Waals surface area (Å²) < 4.78 is 41.2. The third kappa shape index (κ3) is 3.24. The summed E-state index contributed by atoms with van der Waals surface area (Å²) in [5.41, 5.74) is -1.91. The van der Waals surface area contributed by atoms with Gasteiger partial charge >= 0.3 is 6.18 Å². The summed E-state index contributed by atoms with van der Waals surface area (Å²) in [6, 6.07) is 9.43. The number of nitrogens with zero attached hydrogens (tertiary/aromatic N) is 2. The number of halogens is 3. The standard InChI is InChI=1S/C19H23F3N2O2/c1-13-7-5-11-15-17(13)23-24(18(15,26)19(20,21)22)16(25)12-6-10-14-8-3-2-4-9-14/h2-4,8-9,13,15,26H,5-7,10-12H2,1H3/t13-,15-,18-/m1/s1. The van der Waals surface area contributed by atoms with Gasteiger partial charge in [-0.05, 0) is 37.2 Å². The zero-order valence-electron chi connectivity index (χ0n) is 14.7. The summed E-state index contributed by atoms with van der Waals surface area (Å²) in [6.07, 6.45) is -2.56. The smallest absolute Gasteiger partial charge is 0.362 e. The molecule has 1 aliphatic heterocycles. The molecule has 2 aliphatic rings. The van der Waals surface area contributed by atoms with Gasteiger partial charge in [0.15, 0.2) is 0 Å². The van der Waals surface area contributed by atoms with Crippen molar-refractivity contribution in [3.05, 3.63) is 35.9 Å². The van der Waals surface area contributed by atoms with E-state index in [0.717, 1.165) is 12.0 Å². The van der Waals surface area contributed by atoms with Gasteiger partial charge in [-0.3, -0.25) is 4.79 Å². The first-order chi connectivity index (χ1) is 12.2. The summed E-state index contributed by atoms with van der Waals surface area (Å²) in [5.74, 6) is -2.11. The molecule has 1 saturated carbocycles. The van der Waals surface area contributed by atoms with Gasteiger partial charge in [0.25, 0.3) is 5.72 Å². The zero-order valence-corrected chi connectivity index (χ0v) is 14.7. The van der Waals surface area contributed by atoms with E-state index in [-0.39, 0.29) is 18.8 Å². The number of hydrazone groups is 1. The van der Waals surface area contributed by atoms with Crippen LogP contribution in [0.3, 0.4) is 0 Å². The first-order valence-corrected chi connectivity index (χ1v) is 8.99. The number of aryl methyl sites for hydroxylation is 1. The summed E-state index contributed by atoms with van der Waals surface area (Å²) in [5, 5.41) is 14.8. The molecule has 0 saturated heterocycles. The molecule has 1 fully saturated rings. The van der Waals surface area contributed by atoms with Crippen LogP contribution in [0.2, 0.25) is 0 Å². The van der Waals surface area contributed by atoms with E-state index in [0.29, 0.717) is 30.0 Å². The minimum atomic E-state index is -4.95. The number of alkyl halides is 3. The molecule has 26 heavy (non-hydrogen) atoms. The Morgan fingerprint density at radius 3 is 2.65 bits per heavy atom. The molecule has 1 aromatic rings. The van der Waals surface area contributed by atoms with Crippen molar-refractivity contribution in [3.8, 4) is 0 Å². The highest BCUT2D eigenvalue weighted by Gasteiger charge is 2.68. The molecule has 1 N–H and O–H groups in total. The Balaban J connectivity index is 1.76. The van der Waals surface area contributed by atoms with E-state index < -0.39 is 23.7 Å². The van der Waals surface area contributed by atoms with Gasteiger partial charge in [0.2, 0.25) is 5.91 Å². The van der Waals surface area contributed by atoms with Crippen LogP contribution < -0.4 is 0 Å². The van der Waals surface area contributed by atoms with Gasteiger partial charge in [-0.15, -0.1) is 0 Å². The zero-order chi connectivity index (χ0) is 18.9. The molecule has 3 atom stereocenters. The van der Waals surface area contributed by atoms with E-state index >= 15 is 0 Å². The third-order valence-corrected chi connectivity index (χ3v) is 5.37. The van der Waals surface area contributed by atoms with Crippen LogP contribution in [0.4, 0.5) is 13.2 Å². The van der Waals surface area contributed by atoms with Crippen LogP contribution in [0.15, 0.2) is 35.4 Å². The average molecular weight is 368 g/mol. The second-order valence-corrected chi connectivity index (χ2v) is 7.18. The van der Waals surface area contributed by atoms with Gasteiger partial charge < -0.3 is 5.11 Å². The molecule has 142 valence electrons. The van der Waals surface area contributed by atoms with E-state index in [2.05, 4.69) is 5.10 Å². The maximum atomic E-state index is 13.7. The molecule has 0 radical (unpaired) electrons. The van der Waals surface area contributed by atoms with Gasteiger partial charge in [-0.2, -0.15) is 23.3 Å². The topological polar surface area (TPSA) is 52.9 Å². The van der Waals surface area contributed by atoms with Gasteiger partial charge in [0.05, 0.1) is 5.92 Å². The number of aliphatic hydroxyl groups is 1. The van der Waals surface area contributed by atoms with Crippen LogP contribution in [0.1, 0.15) is 44.6 Å². The summed E-state index contributed by atoms with van der Waals surface area (Å²) in [6.45, 7) is 1.80. The minimum Gasteiger partial charge on any atom is -0.362 e. The Morgan fingerprint density at radius 1 is 1.31 bits per heavy atom. The molecule has 7 heteroatoms. The molecule has 0 aromatic heterocycles. The Labute approximate surface area is 150 Å². The number of carbonyl (C=O) groups excluding carboxylic acids is 1. The molecule has 1 heterocycles. The Hall–Kier alpha value is -1.89. The van der Waals surface area contributed by atoms with Crippen LogP contribution in [-0.4, -0.2) is 33.6 Å². The molecular weight excluding hydrogens is 345 g/mol. The second kappa shape index (κ2) is 7.02. The summed E-state index contributed by atoms with van der Waals surface area (Å²) in [7, 11) is 0. The van der Waals surface area contributed by atoms with Crippen molar-refractivity contribution in [2.75, 3.05) is 0 Å². The fourth-order valence-corrected chi connectivity index (χ4v) is 3.94. The maximum Gasteiger partial charge on any atom is 0.439 e. The van der Waals surface area contributed by atoms with Crippen molar-refractivity contribution >= 4 is 11.6 Å². The highest BCUT2D eigenvalue weighted by Crippen LogP contribution is 2.49. The lowest BCUT2D eigenvalue weighted by atomic mass is 9.75. The van der Waals surface area contributed by atoms with Crippen molar-refractivity contribution in [2.45, 2.75) is 57.3 Å². The van der Waals surface area contributed by atoms with Crippen LogP contribution >= 0.6 is 0 Å².